The topological polar surface area (TPSA) is 71.1 Å². The second kappa shape index (κ2) is 23.9. The van der Waals surface area contributed by atoms with E-state index in [0.29, 0.717) is 24.3 Å². The van der Waals surface area contributed by atoms with Crippen molar-refractivity contribution < 1.29 is 28.5 Å². The zero-order chi connectivity index (χ0) is 48.9. The second-order valence-corrected chi connectivity index (χ2v) is 19.9. The van der Waals surface area contributed by atoms with Crippen LogP contribution in [0, 0.1) is 0 Å². The number of esters is 2. The summed E-state index contributed by atoms with van der Waals surface area (Å²) in [5.41, 5.74) is 10.1. The third-order valence-electron chi connectivity index (χ3n) is 12.9. The highest BCUT2D eigenvalue weighted by molar-refractivity contribution is 7.19. The normalized spacial score (nSPS) is 13.2. The lowest BCUT2D eigenvalue weighted by atomic mass is 9.71. The fourth-order valence-corrected chi connectivity index (χ4v) is 11.4. The van der Waals surface area contributed by atoms with Crippen molar-refractivity contribution in [2.45, 2.75) is 122 Å². The summed E-state index contributed by atoms with van der Waals surface area (Å²) < 4.78 is 23.5. The molecule has 358 valence electrons. The van der Waals surface area contributed by atoms with Crippen LogP contribution in [0.2, 0.25) is 0 Å². The van der Waals surface area contributed by atoms with Gasteiger partial charge in [0.15, 0.2) is 12.2 Å². The van der Waals surface area contributed by atoms with E-state index < -0.39 is 36.4 Å². The third-order valence-corrected chi connectivity index (χ3v) is 15.3. The molecule has 7 rings (SSSR count). The fraction of sp³-hybridized carbons (Fsp3) is 0.311. The number of fused-ring (bicyclic) bond motifs is 3. The van der Waals surface area contributed by atoms with Gasteiger partial charge >= 0.3 is 11.9 Å². The number of ether oxygens (including phenoxy) is 4. The summed E-state index contributed by atoms with van der Waals surface area (Å²) in [6.07, 6.45) is 12.7. The Balaban J connectivity index is 1.09. The molecule has 0 spiro atoms. The number of benzene rings is 4. The van der Waals surface area contributed by atoms with Gasteiger partial charge in [0.2, 0.25) is 0 Å². The van der Waals surface area contributed by atoms with Crippen molar-refractivity contribution in [1.82, 2.24) is 0 Å². The first-order chi connectivity index (χ1) is 33.6. The SMILES string of the molecule is C=CC(C=C)OC(=O)C(CCCC)Oc1ccc(-c2ccc(-c3ccc4c(c3)C(CCC)(CCC)c3cc(-c5ccc(-c6ccc(OC(CCCC)C(=O)OC(C=C)C=C)cc6)s5)ccc3-4)s2)cc1. The molecule has 0 amide bonds. The Bertz CT molecular complexity index is 2520. The Kier molecular flexibility index (Phi) is 17.5. The molecule has 2 atom stereocenters. The number of unbranched alkanes of at least 4 members (excludes halogenated alkanes) is 2. The molecule has 0 saturated carbocycles. The predicted molar refractivity (Wildman–Crippen MR) is 288 cm³/mol. The predicted octanol–water partition coefficient (Wildman–Crippen LogP) is 16.8. The molecule has 6 aromatic rings. The van der Waals surface area contributed by atoms with Gasteiger partial charge in [-0.1, -0.05) is 104 Å². The van der Waals surface area contributed by atoms with E-state index in [0.717, 1.165) is 62.5 Å². The lowest BCUT2D eigenvalue weighted by Gasteiger charge is -2.32. The van der Waals surface area contributed by atoms with Gasteiger partial charge < -0.3 is 18.9 Å². The molecule has 0 radical (unpaired) electrons. The third kappa shape index (κ3) is 11.6. The van der Waals surface area contributed by atoms with Crippen LogP contribution in [-0.4, -0.2) is 36.4 Å². The van der Waals surface area contributed by atoms with E-state index in [1.165, 1.54) is 52.9 Å². The van der Waals surface area contributed by atoms with E-state index in [2.05, 4.69) is 139 Å². The Morgan fingerprint density at radius 1 is 0.493 bits per heavy atom. The van der Waals surface area contributed by atoms with Crippen LogP contribution in [0.3, 0.4) is 0 Å². The molecule has 1 aliphatic rings. The number of thiophene rings is 2. The molecule has 2 unspecified atom stereocenters. The van der Waals surface area contributed by atoms with Gasteiger partial charge in [0.05, 0.1) is 0 Å². The van der Waals surface area contributed by atoms with Gasteiger partial charge in [-0.25, -0.2) is 9.59 Å². The Morgan fingerprint density at radius 3 is 1.17 bits per heavy atom. The minimum absolute atomic E-state index is 0.0919. The minimum Gasteiger partial charge on any atom is -0.479 e. The highest BCUT2D eigenvalue weighted by Crippen LogP contribution is 2.56. The van der Waals surface area contributed by atoms with Crippen LogP contribution in [0.25, 0.3) is 52.9 Å². The lowest BCUT2D eigenvalue weighted by molar-refractivity contribution is -0.154. The van der Waals surface area contributed by atoms with E-state index in [1.54, 1.807) is 47.0 Å². The van der Waals surface area contributed by atoms with Gasteiger partial charge in [-0.3, -0.25) is 0 Å². The standard InChI is InChI=1S/C61H66O6S2/c1-9-17-19-53(59(62)66-45(13-5)14-6)64-47-27-21-41(22-28-47)55-33-35-57(68-55)43-25-31-49-50-32-26-44(40-52(50)61(37-11-3,38-12-4)51(49)39-43)58-36-34-56(69-58)42-23-29-48(30-24-42)65-54(20-18-10-2)60(63)67-46(15-7)16-8/h13-16,21-36,39-40,45-46,53-54H,5-12,17-20,37-38H2,1-4H3. The number of carbonyl (C=O) groups is 2. The quantitative estimate of drug-likeness (QED) is 0.0398. The van der Waals surface area contributed by atoms with Crippen LogP contribution in [0.15, 0.2) is 160 Å². The molecular formula is C61H66O6S2. The van der Waals surface area contributed by atoms with Gasteiger partial charge in [0.1, 0.15) is 23.7 Å². The van der Waals surface area contributed by atoms with Gasteiger partial charge in [0, 0.05) is 24.9 Å². The molecule has 4 aromatic carbocycles. The summed E-state index contributed by atoms with van der Waals surface area (Å²) >= 11 is 3.58. The van der Waals surface area contributed by atoms with Crippen LogP contribution >= 0.6 is 22.7 Å². The van der Waals surface area contributed by atoms with Crippen molar-refractivity contribution in [3.8, 4) is 64.4 Å². The van der Waals surface area contributed by atoms with Crippen molar-refractivity contribution >= 4 is 34.6 Å². The first-order valence-electron chi connectivity index (χ1n) is 24.6. The number of carbonyl (C=O) groups excluding carboxylic acids is 2. The maximum Gasteiger partial charge on any atom is 0.348 e. The molecule has 0 bridgehead atoms. The monoisotopic (exact) mass is 958 g/mol. The zero-order valence-corrected chi connectivity index (χ0v) is 42.3. The summed E-state index contributed by atoms with van der Waals surface area (Å²) in [4.78, 5) is 30.8. The van der Waals surface area contributed by atoms with E-state index in [-0.39, 0.29) is 5.41 Å². The number of hydrogen-bond acceptors (Lipinski definition) is 8. The molecular weight excluding hydrogens is 893 g/mol. The van der Waals surface area contributed by atoms with Gasteiger partial charge in [0.25, 0.3) is 0 Å². The summed E-state index contributed by atoms with van der Waals surface area (Å²) in [5.74, 6) is 0.433. The Labute approximate surface area is 418 Å². The van der Waals surface area contributed by atoms with E-state index >= 15 is 0 Å². The largest absolute Gasteiger partial charge is 0.479 e. The van der Waals surface area contributed by atoms with E-state index in [9.17, 15) is 9.59 Å². The van der Waals surface area contributed by atoms with Crippen LogP contribution in [0.4, 0.5) is 0 Å². The highest BCUT2D eigenvalue weighted by Gasteiger charge is 2.42. The van der Waals surface area contributed by atoms with Crippen molar-refractivity contribution in [2.24, 2.45) is 0 Å². The minimum atomic E-state index is -0.707. The smallest absolute Gasteiger partial charge is 0.348 e. The number of rotatable bonds is 26. The molecule has 0 aliphatic heterocycles. The first kappa shape index (κ1) is 50.7. The van der Waals surface area contributed by atoms with Gasteiger partial charge in [-0.2, -0.15) is 0 Å². The molecule has 0 fully saturated rings. The lowest BCUT2D eigenvalue weighted by Crippen LogP contribution is -2.31. The summed E-state index contributed by atoms with van der Waals surface area (Å²) in [7, 11) is 0. The Morgan fingerprint density at radius 2 is 0.841 bits per heavy atom. The molecule has 0 N–H and O–H groups in total. The van der Waals surface area contributed by atoms with E-state index in [4.69, 9.17) is 18.9 Å². The molecule has 8 heteroatoms. The average Bonchev–Trinajstić information content (AvgIpc) is 4.14. The Hall–Kier alpha value is -6.22. The maximum atomic E-state index is 13.0. The van der Waals surface area contributed by atoms with Crippen molar-refractivity contribution in [3.63, 3.8) is 0 Å². The zero-order valence-electron chi connectivity index (χ0n) is 40.7. The van der Waals surface area contributed by atoms with Crippen molar-refractivity contribution in [3.05, 3.63) is 171 Å². The van der Waals surface area contributed by atoms with Crippen LogP contribution in [0.5, 0.6) is 11.5 Å². The van der Waals surface area contributed by atoms with Gasteiger partial charge in [-0.05, 0) is 192 Å². The summed E-state index contributed by atoms with van der Waals surface area (Å²) in [6.45, 7) is 23.7. The molecule has 1 aliphatic carbocycles. The van der Waals surface area contributed by atoms with Crippen molar-refractivity contribution in [1.29, 1.82) is 0 Å². The molecule has 6 nitrogen and oxygen atoms in total. The molecule has 69 heavy (non-hydrogen) atoms. The fourth-order valence-electron chi connectivity index (χ4n) is 9.37. The second-order valence-electron chi connectivity index (χ2n) is 17.7. The summed E-state index contributed by atoms with van der Waals surface area (Å²) in [6, 6.07) is 39.1. The first-order valence-corrected chi connectivity index (χ1v) is 26.2. The maximum absolute atomic E-state index is 13.0. The number of hydrogen-bond donors (Lipinski definition) is 0. The highest BCUT2D eigenvalue weighted by atomic mass is 32.1. The van der Waals surface area contributed by atoms with Gasteiger partial charge in [-0.15, -0.1) is 22.7 Å². The summed E-state index contributed by atoms with van der Waals surface area (Å²) in [5, 5.41) is 0. The molecule has 2 aromatic heterocycles. The van der Waals surface area contributed by atoms with Crippen LogP contribution in [0.1, 0.15) is 103 Å². The van der Waals surface area contributed by atoms with Crippen LogP contribution in [-0.2, 0) is 24.5 Å². The van der Waals surface area contributed by atoms with E-state index in [1.807, 2.05) is 24.3 Å². The molecule has 0 saturated heterocycles. The van der Waals surface area contributed by atoms with Crippen molar-refractivity contribution in [2.75, 3.05) is 0 Å². The van der Waals surface area contributed by atoms with Crippen LogP contribution < -0.4 is 9.47 Å². The molecule has 2 heterocycles. The average molecular weight is 959 g/mol.